The van der Waals surface area contributed by atoms with Crippen LogP contribution < -0.4 is 5.32 Å². The molecular formula is C18H17ClFN5O2. The average molecular weight is 390 g/mol. The predicted octanol–water partition coefficient (Wildman–Crippen LogP) is 2.93. The van der Waals surface area contributed by atoms with Gasteiger partial charge in [-0.3, -0.25) is 15.0 Å². The molecule has 0 aromatic heterocycles. The fourth-order valence-corrected chi connectivity index (χ4v) is 3.71. The summed E-state index contributed by atoms with van der Waals surface area (Å²) in [5.74, 6) is -1.10. The first-order chi connectivity index (χ1) is 13.0. The number of benzene rings is 1. The van der Waals surface area contributed by atoms with Gasteiger partial charge < -0.3 is 0 Å². The maximum atomic E-state index is 13.2. The molecule has 27 heavy (non-hydrogen) atoms. The summed E-state index contributed by atoms with van der Waals surface area (Å²) in [6, 6.07) is 3.82. The Hall–Kier alpha value is -2.61. The highest BCUT2D eigenvalue weighted by atomic mass is 35.5. The van der Waals surface area contributed by atoms with E-state index in [1.54, 1.807) is 6.07 Å². The fraction of sp³-hybridized carbons (Fsp3) is 0.389. The molecule has 0 bridgehead atoms. The largest absolute Gasteiger partial charge is 0.329 e. The molecule has 1 saturated carbocycles. The minimum Gasteiger partial charge on any atom is -0.294 e. The number of carbonyl (C=O) groups is 2. The van der Waals surface area contributed by atoms with E-state index in [0.29, 0.717) is 5.56 Å². The molecule has 4 rings (SSSR count). The van der Waals surface area contributed by atoms with Crippen molar-refractivity contribution in [3.05, 3.63) is 34.6 Å². The summed E-state index contributed by atoms with van der Waals surface area (Å²) in [4.78, 5) is 39.0. The van der Waals surface area contributed by atoms with E-state index in [2.05, 4.69) is 20.3 Å². The van der Waals surface area contributed by atoms with Crippen LogP contribution in [-0.2, 0) is 11.3 Å². The first kappa shape index (κ1) is 17.8. The van der Waals surface area contributed by atoms with Gasteiger partial charge in [-0.1, -0.05) is 30.5 Å². The molecule has 2 fully saturated rings. The molecule has 2 heterocycles. The number of aliphatic imine (C=N–C) groups is 3. The van der Waals surface area contributed by atoms with Gasteiger partial charge in [-0.25, -0.2) is 19.2 Å². The van der Waals surface area contributed by atoms with Gasteiger partial charge >= 0.3 is 6.03 Å². The van der Waals surface area contributed by atoms with Crippen LogP contribution in [0.3, 0.4) is 0 Å². The number of carbonyl (C=O) groups excluding carboxylic acids is 2. The number of fused-ring (bicyclic) bond motifs is 1. The molecule has 0 spiro atoms. The zero-order valence-electron chi connectivity index (χ0n) is 14.4. The van der Waals surface area contributed by atoms with Crippen molar-refractivity contribution in [2.45, 2.75) is 38.3 Å². The van der Waals surface area contributed by atoms with Gasteiger partial charge in [0.25, 0.3) is 0 Å². The summed E-state index contributed by atoms with van der Waals surface area (Å²) < 4.78 is 13.2. The lowest BCUT2D eigenvalue weighted by molar-refractivity contribution is -0.130. The Kier molecular flexibility index (Phi) is 4.73. The number of urea groups is 1. The van der Waals surface area contributed by atoms with Crippen LogP contribution in [0.25, 0.3) is 0 Å². The number of hydrogen-bond donors (Lipinski definition) is 1. The van der Waals surface area contributed by atoms with Gasteiger partial charge in [-0.05, 0) is 30.5 Å². The summed E-state index contributed by atoms with van der Waals surface area (Å²) in [5.41, 5.74) is 0.697. The Morgan fingerprint density at radius 3 is 2.81 bits per heavy atom. The van der Waals surface area contributed by atoms with Crippen LogP contribution in [0.4, 0.5) is 9.18 Å². The normalized spacial score (nSPS) is 24.2. The van der Waals surface area contributed by atoms with Crippen LogP contribution in [-0.4, -0.2) is 40.9 Å². The van der Waals surface area contributed by atoms with Crippen LogP contribution in [0.5, 0.6) is 0 Å². The molecule has 1 saturated heterocycles. The number of amides is 3. The maximum absolute atomic E-state index is 13.2. The van der Waals surface area contributed by atoms with E-state index in [0.717, 1.165) is 25.7 Å². The Labute approximate surface area is 160 Å². The van der Waals surface area contributed by atoms with E-state index in [1.165, 1.54) is 23.2 Å². The molecule has 1 N–H and O–H groups in total. The first-order valence-corrected chi connectivity index (χ1v) is 9.16. The lowest BCUT2D eigenvalue weighted by Gasteiger charge is -2.35. The monoisotopic (exact) mass is 389 g/mol. The third-order valence-electron chi connectivity index (χ3n) is 4.89. The molecule has 7 nitrogen and oxygen atoms in total. The molecule has 1 aromatic carbocycles. The topological polar surface area (TPSA) is 86.5 Å². The lowest BCUT2D eigenvalue weighted by Crippen LogP contribution is -2.61. The summed E-state index contributed by atoms with van der Waals surface area (Å²) >= 11 is 5.76. The van der Waals surface area contributed by atoms with Gasteiger partial charge in [0.1, 0.15) is 17.6 Å². The highest BCUT2D eigenvalue weighted by Crippen LogP contribution is 2.27. The van der Waals surface area contributed by atoms with Gasteiger partial charge in [0, 0.05) is 12.3 Å². The predicted molar refractivity (Wildman–Crippen MR) is 99.6 cm³/mol. The number of amidine groups is 1. The number of guanidine groups is 1. The molecule has 3 amide bonds. The molecule has 9 heteroatoms. The standard InChI is InChI=1S/C18H17ClFN5O2/c19-13-7-10(5-6-14(13)20)8-21-17-22-9-12-15(23-17)24-18(27)25(16(12)26)11-3-1-2-4-11/h5-7,9,11-12H,1-4,8H2,(H,21,23,24,27). The second-order valence-electron chi connectivity index (χ2n) is 6.69. The Morgan fingerprint density at radius 2 is 2.07 bits per heavy atom. The van der Waals surface area contributed by atoms with E-state index >= 15 is 0 Å². The average Bonchev–Trinajstić information content (AvgIpc) is 3.16. The highest BCUT2D eigenvalue weighted by Gasteiger charge is 2.43. The quantitative estimate of drug-likeness (QED) is 0.861. The van der Waals surface area contributed by atoms with Crippen molar-refractivity contribution in [1.29, 1.82) is 0 Å². The van der Waals surface area contributed by atoms with Crippen molar-refractivity contribution >= 4 is 41.5 Å². The van der Waals surface area contributed by atoms with Gasteiger partial charge in [0.15, 0.2) is 0 Å². The molecular weight excluding hydrogens is 373 g/mol. The molecule has 1 aliphatic carbocycles. The minimum atomic E-state index is -0.692. The van der Waals surface area contributed by atoms with Crippen LogP contribution in [0.15, 0.2) is 33.2 Å². The number of nitrogens with zero attached hydrogens (tertiary/aromatic N) is 4. The molecule has 140 valence electrons. The van der Waals surface area contributed by atoms with E-state index < -0.39 is 17.8 Å². The summed E-state index contributed by atoms with van der Waals surface area (Å²) in [7, 11) is 0. The zero-order chi connectivity index (χ0) is 19.0. The highest BCUT2D eigenvalue weighted by molar-refractivity contribution is 6.31. The molecule has 0 radical (unpaired) electrons. The van der Waals surface area contributed by atoms with E-state index in [-0.39, 0.29) is 35.3 Å². The van der Waals surface area contributed by atoms with Gasteiger partial charge in [0.2, 0.25) is 11.9 Å². The summed E-state index contributed by atoms with van der Waals surface area (Å²) in [6.45, 7) is 0.199. The Balaban J connectivity index is 1.50. The van der Waals surface area contributed by atoms with Gasteiger partial charge in [-0.15, -0.1) is 0 Å². The SMILES string of the molecule is O=C1NC2=NC(=NCc3ccc(F)c(Cl)c3)N=CC2C(=O)N1C1CCCC1. The molecule has 1 aromatic rings. The van der Waals surface area contributed by atoms with Crippen LogP contribution in [0.2, 0.25) is 5.02 Å². The molecule has 2 aliphatic heterocycles. The third kappa shape index (κ3) is 3.49. The second-order valence-corrected chi connectivity index (χ2v) is 7.10. The fourth-order valence-electron chi connectivity index (χ4n) is 3.51. The van der Waals surface area contributed by atoms with Crippen molar-refractivity contribution in [2.24, 2.45) is 20.9 Å². The summed E-state index contributed by atoms with van der Waals surface area (Å²) in [5, 5.41) is 2.71. The minimum absolute atomic E-state index is 0.0170. The number of nitrogens with one attached hydrogen (secondary N) is 1. The first-order valence-electron chi connectivity index (χ1n) is 8.78. The number of hydrogen-bond acceptors (Lipinski definition) is 3. The molecule has 1 unspecified atom stereocenters. The van der Waals surface area contributed by atoms with Gasteiger partial charge in [0.05, 0.1) is 11.6 Å². The van der Waals surface area contributed by atoms with Crippen LogP contribution in [0, 0.1) is 11.7 Å². The van der Waals surface area contributed by atoms with Crippen LogP contribution in [0.1, 0.15) is 31.2 Å². The van der Waals surface area contributed by atoms with E-state index in [1.807, 2.05) is 0 Å². The molecule has 1 atom stereocenters. The smallest absolute Gasteiger partial charge is 0.294 e. The van der Waals surface area contributed by atoms with Crippen molar-refractivity contribution in [3.8, 4) is 0 Å². The third-order valence-corrected chi connectivity index (χ3v) is 5.18. The van der Waals surface area contributed by atoms with Crippen molar-refractivity contribution < 1.29 is 14.0 Å². The Bertz CT molecular complexity index is 892. The second kappa shape index (κ2) is 7.19. The maximum Gasteiger partial charge on any atom is 0.329 e. The van der Waals surface area contributed by atoms with Crippen molar-refractivity contribution in [1.82, 2.24) is 10.2 Å². The number of rotatable bonds is 3. The van der Waals surface area contributed by atoms with E-state index in [4.69, 9.17) is 11.6 Å². The van der Waals surface area contributed by atoms with Crippen LogP contribution >= 0.6 is 11.6 Å². The lowest BCUT2D eigenvalue weighted by atomic mass is 10.0. The molecule has 3 aliphatic rings. The van der Waals surface area contributed by atoms with E-state index in [9.17, 15) is 14.0 Å². The number of halogens is 2. The summed E-state index contributed by atoms with van der Waals surface area (Å²) in [6.07, 6.45) is 5.17. The number of imide groups is 1. The Morgan fingerprint density at radius 1 is 1.30 bits per heavy atom. The zero-order valence-corrected chi connectivity index (χ0v) is 15.1. The van der Waals surface area contributed by atoms with Gasteiger partial charge in [-0.2, -0.15) is 4.99 Å². The van der Waals surface area contributed by atoms with Crippen molar-refractivity contribution in [3.63, 3.8) is 0 Å². The van der Waals surface area contributed by atoms with Crippen molar-refractivity contribution in [2.75, 3.05) is 0 Å².